The number of rotatable bonds is 4. The Hall–Kier alpha value is -0.860. The Balaban J connectivity index is 2.96. The summed E-state index contributed by atoms with van der Waals surface area (Å²) >= 11 is 0. The lowest BCUT2D eigenvalue weighted by Crippen LogP contribution is -2.35. The van der Waals surface area contributed by atoms with Crippen LogP contribution < -0.4 is 5.73 Å². The summed E-state index contributed by atoms with van der Waals surface area (Å²) in [5.74, 6) is 0. The minimum Gasteiger partial charge on any atom is -0.329 e. The van der Waals surface area contributed by atoms with Crippen molar-refractivity contribution in [2.45, 2.75) is 52.1 Å². The molecule has 0 fully saturated rings. The summed E-state index contributed by atoms with van der Waals surface area (Å²) in [6, 6.07) is 9.70. The van der Waals surface area contributed by atoms with Gasteiger partial charge >= 0.3 is 0 Å². The predicted molar refractivity (Wildman–Crippen MR) is 79.8 cm³/mol. The summed E-state index contributed by atoms with van der Waals surface area (Å²) in [7, 11) is 2.14. The van der Waals surface area contributed by atoms with E-state index in [0.717, 1.165) is 0 Å². The Kier molecular flexibility index (Phi) is 4.94. The van der Waals surface area contributed by atoms with E-state index in [4.69, 9.17) is 5.73 Å². The first-order chi connectivity index (χ1) is 8.27. The molecule has 0 aromatic heterocycles. The van der Waals surface area contributed by atoms with Gasteiger partial charge in [-0.25, -0.2) is 0 Å². The van der Waals surface area contributed by atoms with Crippen molar-refractivity contribution in [1.29, 1.82) is 0 Å². The first-order valence-corrected chi connectivity index (χ1v) is 6.79. The van der Waals surface area contributed by atoms with Gasteiger partial charge in [-0.15, -0.1) is 0 Å². The van der Waals surface area contributed by atoms with Crippen molar-refractivity contribution in [3.63, 3.8) is 0 Å². The van der Waals surface area contributed by atoms with Crippen LogP contribution in [0, 0.1) is 0 Å². The molecule has 0 aliphatic heterocycles. The molecule has 1 atom stereocenters. The summed E-state index contributed by atoms with van der Waals surface area (Å²) < 4.78 is 0. The SMILES string of the molecule is CC(C)N(C)C(CN)c1ccc(C(C)(C)C)cc1. The molecule has 102 valence electrons. The van der Waals surface area contributed by atoms with Gasteiger partial charge in [-0.3, -0.25) is 4.90 Å². The van der Waals surface area contributed by atoms with Crippen molar-refractivity contribution in [1.82, 2.24) is 4.90 Å². The molecule has 1 unspecified atom stereocenters. The number of hydrogen-bond donors (Lipinski definition) is 1. The van der Waals surface area contributed by atoms with Crippen LogP contribution in [0.25, 0.3) is 0 Å². The van der Waals surface area contributed by atoms with Gasteiger partial charge in [-0.2, -0.15) is 0 Å². The molecule has 0 aliphatic rings. The lowest BCUT2D eigenvalue weighted by atomic mass is 9.86. The van der Waals surface area contributed by atoms with Crippen molar-refractivity contribution in [3.8, 4) is 0 Å². The van der Waals surface area contributed by atoms with Gasteiger partial charge < -0.3 is 5.73 Å². The molecule has 1 aromatic rings. The third kappa shape index (κ3) is 3.56. The van der Waals surface area contributed by atoms with Gasteiger partial charge in [0.1, 0.15) is 0 Å². The van der Waals surface area contributed by atoms with E-state index in [1.807, 2.05) is 0 Å². The Morgan fingerprint density at radius 2 is 1.61 bits per heavy atom. The van der Waals surface area contributed by atoms with Crippen LogP contribution in [0.4, 0.5) is 0 Å². The van der Waals surface area contributed by atoms with E-state index >= 15 is 0 Å². The van der Waals surface area contributed by atoms with Gasteiger partial charge in [-0.1, -0.05) is 45.0 Å². The average molecular weight is 248 g/mol. The van der Waals surface area contributed by atoms with E-state index in [0.29, 0.717) is 18.6 Å². The maximum atomic E-state index is 5.93. The Labute approximate surface area is 112 Å². The Morgan fingerprint density at radius 3 is 1.94 bits per heavy atom. The van der Waals surface area contributed by atoms with Crippen LogP contribution in [0.3, 0.4) is 0 Å². The minimum absolute atomic E-state index is 0.209. The molecule has 0 heterocycles. The summed E-state index contributed by atoms with van der Waals surface area (Å²) in [5, 5.41) is 0. The molecule has 0 bridgehead atoms. The molecular weight excluding hydrogens is 220 g/mol. The highest BCUT2D eigenvalue weighted by Gasteiger charge is 2.19. The number of nitrogens with zero attached hydrogens (tertiary/aromatic N) is 1. The second-order valence-corrected chi connectivity index (χ2v) is 6.38. The molecule has 0 saturated heterocycles. The maximum Gasteiger partial charge on any atom is 0.0470 e. The largest absolute Gasteiger partial charge is 0.329 e. The van der Waals surface area contributed by atoms with E-state index in [9.17, 15) is 0 Å². The molecule has 2 heteroatoms. The van der Waals surface area contributed by atoms with Crippen molar-refractivity contribution in [2.75, 3.05) is 13.6 Å². The van der Waals surface area contributed by atoms with E-state index < -0.39 is 0 Å². The third-order valence-corrected chi connectivity index (χ3v) is 3.69. The molecular formula is C16H28N2. The van der Waals surface area contributed by atoms with Gasteiger partial charge in [-0.05, 0) is 37.4 Å². The van der Waals surface area contributed by atoms with E-state index in [-0.39, 0.29) is 5.41 Å². The van der Waals surface area contributed by atoms with Gasteiger partial charge in [0, 0.05) is 18.6 Å². The second kappa shape index (κ2) is 5.85. The zero-order valence-corrected chi connectivity index (χ0v) is 12.7. The minimum atomic E-state index is 0.209. The average Bonchev–Trinajstić information content (AvgIpc) is 2.29. The lowest BCUT2D eigenvalue weighted by Gasteiger charge is -2.31. The molecule has 18 heavy (non-hydrogen) atoms. The van der Waals surface area contributed by atoms with Crippen LogP contribution in [0.2, 0.25) is 0 Å². The highest BCUT2D eigenvalue weighted by atomic mass is 15.2. The van der Waals surface area contributed by atoms with Crippen LogP contribution in [-0.2, 0) is 5.41 Å². The molecule has 0 radical (unpaired) electrons. The Morgan fingerprint density at radius 1 is 1.11 bits per heavy atom. The molecule has 2 nitrogen and oxygen atoms in total. The van der Waals surface area contributed by atoms with Crippen molar-refractivity contribution < 1.29 is 0 Å². The number of benzene rings is 1. The first-order valence-electron chi connectivity index (χ1n) is 6.79. The fourth-order valence-corrected chi connectivity index (χ4v) is 2.10. The molecule has 1 rings (SSSR count). The monoisotopic (exact) mass is 248 g/mol. The van der Waals surface area contributed by atoms with Crippen molar-refractivity contribution >= 4 is 0 Å². The van der Waals surface area contributed by atoms with Crippen LogP contribution in [0.5, 0.6) is 0 Å². The van der Waals surface area contributed by atoms with Gasteiger partial charge in [0.2, 0.25) is 0 Å². The molecule has 0 spiro atoms. The zero-order chi connectivity index (χ0) is 13.9. The van der Waals surface area contributed by atoms with Gasteiger partial charge in [0.05, 0.1) is 0 Å². The van der Waals surface area contributed by atoms with Crippen LogP contribution in [0.1, 0.15) is 51.8 Å². The topological polar surface area (TPSA) is 29.3 Å². The summed E-state index contributed by atoms with van der Waals surface area (Å²) in [5.41, 5.74) is 8.81. The van der Waals surface area contributed by atoms with E-state index in [1.54, 1.807) is 0 Å². The van der Waals surface area contributed by atoms with Crippen LogP contribution >= 0.6 is 0 Å². The number of hydrogen-bond acceptors (Lipinski definition) is 2. The standard InChI is InChI=1S/C16H28N2/c1-12(2)18(6)15(11-17)13-7-9-14(10-8-13)16(3,4)5/h7-10,12,15H,11,17H2,1-6H3. The molecule has 1 aromatic carbocycles. The van der Waals surface area contributed by atoms with Crippen molar-refractivity contribution in [2.24, 2.45) is 5.73 Å². The molecule has 0 amide bonds. The lowest BCUT2D eigenvalue weighted by molar-refractivity contribution is 0.201. The van der Waals surface area contributed by atoms with E-state index in [1.165, 1.54) is 11.1 Å². The van der Waals surface area contributed by atoms with Crippen molar-refractivity contribution in [3.05, 3.63) is 35.4 Å². The van der Waals surface area contributed by atoms with Gasteiger partial charge in [0.25, 0.3) is 0 Å². The Bertz CT molecular complexity index is 360. The molecule has 0 aliphatic carbocycles. The highest BCUT2D eigenvalue weighted by molar-refractivity contribution is 5.29. The fourth-order valence-electron chi connectivity index (χ4n) is 2.10. The summed E-state index contributed by atoms with van der Waals surface area (Å²) in [6.07, 6.45) is 0. The zero-order valence-electron chi connectivity index (χ0n) is 12.7. The fraction of sp³-hybridized carbons (Fsp3) is 0.625. The van der Waals surface area contributed by atoms with E-state index in [2.05, 4.69) is 70.8 Å². The number of likely N-dealkylation sites (N-methyl/N-ethyl adjacent to an activating group) is 1. The van der Waals surface area contributed by atoms with Crippen LogP contribution in [-0.4, -0.2) is 24.5 Å². The third-order valence-electron chi connectivity index (χ3n) is 3.69. The van der Waals surface area contributed by atoms with Gasteiger partial charge in [0.15, 0.2) is 0 Å². The number of nitrogens with two attached hydrogens (primary N) is 1. The summed E-state index contributed by atoms with van der Waals surface area (Å²) in [4.78, 5) is 2.33. The molecule has 0 saturated carbocycles. The van der Waals surface area contributed by atoms with Crippen LogP contribution in [0.15, 0.2) is 24.3 Å². The predicted octanol–water partition coefficient (Wildman–Crippen LogP) is 3.32. The maximum absolute atomic E-state index is 5.93. The quantitative estimate of drug-likeness (QED) is 0.885. The summed E-state index contributed by atoms with van der Waals surface area (Å²) in [6.45, 7) is 11.8. The first kappa shape index (κ1) is 15.2. The smallest absolute Gasteiger partial charge is 0.0470 e. The highest BCUT2D eigenvalue weighted by Crippen LogP contribution is 2.26. The molecule has 2 N–H and O–H groups in total. The normalized spacial score (nSPS) is 14.3. The second-order valence-electron chi connectivity index (χ2n) is 6.38.